The summed E-state index contributed by atoms with van der Waals surface area (Å²) in [5.74, 6) is -0.317. The van der Waals surface area contributed by atoms with Crippen LogP contribution in [0.15, 0.2) is 18.2 Å². The Hall–Kier alpha value is -1.71. The van der Waals surface area contributed by atoms with E-state index in [2.05, 4.69) is 12.2 Å². The van der Waals surface area contributed by atoms with Gasteiger partial charge in [-0.2, -0.15) is 0 Å². The van der Waals surface area contributed by atoms with E-state index in [1.807, 2.05) is 12.1 Å². The molecule has 1 aliphatic rings. The van der Waals surface area contributed by atoms with Crippen LogP contribution >= 0.6 is 0 Å². The molecule has 4 heteroatoms. The number of esters is 1. The minimum Gasteiger partial charge on any atom is -0.462 e. The molecule has 2 rings (SSSR count). The summed E-state index contributed by atoms with van der Waals surface area (Å²) in [6, 6.07) is 5.35. The molecule has 0 aliphatic heterocycles. The smallest absolute Gasteiger partial charge is 0.340 e. The lowest BCUT2D eigenvalue weighted by atomic mass is 10.0. The summed E-state index contributed by atoms with van der Waals surface area (Å²) >= 11 is 0. The molecule has 1 fully saturated rings. The van der Waals surface area contributed by atoms with E-state index >= 15 is 0 Å². The predicted octanol–water partition coefficient (Wildman–Crippen LogP) is 3.44. The molecular formula is C16H24N2O2. The largest absolute Gasteiger partial charge is 0.462 e. The van der Waals surface area contributed by atoms with Crippen molar-refractivity contribution in [3.05, 3.63) is 23.8 Å². The van der Waals surface area contributed by atoms with E-state index in [0.29, 0.717) is 23.3 Å². The zero-order valence-electron chi connectivity index (χ0n) is 12.4. The number of carbonyl (C=O) groups is 1. The Labute approximate surface area is 120 Å². The molecule has 0 unspecified atom stereocenters. The molecule has 0 radical (unpaired) electrons. The fourth-order valence-corrected chi connectivity index (χ4v) is 2.60. The lowest BCUT2D eigenvalue weighted by molar-refractivity contribution is 0.0527. The molecule has 1 aromatic carbocycles. The van der Waals surface area contributed by atoms with Crippen molar-refractivity contribution in [1.82, 2.24) is 0 Å². The van der Waals surface area contributed by atoms with Crippen LogP contribution in [-0.2, 0) is 4.74 Å². The Kier molecular flexibility index (Phi) is 4.53. The molecule has 0 spiro atoms. The van der Waals surface area contributed by atoms with Gasteiger partial charge in [0.1, 0.15) is 0 Å². The molecule has 20 heavy (non-hydrogen) atoms. The number of ether oxygens (including phenoxy) is 1. The van der Waals surface area contributed by atoms with E-state index in [1.165, 1.54) is 25.7 Å². The van der Waals surface area contributed by atoms with E-state index in [1.54, 1.807) is 13.0 Å². The number of anilines is 2. The maximum absolute atomic E-state index is 12.0. The Balaban J connectivity index is 2.09. The summed E-state index contributed by atoms with van der Waals surface area (Å²) in [7, 11) is 0. The number of benzene rings is 1. The molecule has 0 saturated heterocycles. The molecule has 110 valence electrons. The zero-order valence-corrected chi connectivity index (χ0v) is 12.4. The lowest BCUT2D eigenvalue weighted by Gasteiger charge is -2.18. The third-order valence-corrected chi connectivity index (χ3v) is 3.93. The van der Waals surface area contributed by atoms with Gasteiger partial charge in [-0.25, -0.2) is 4.79 Å². The molecule has 0 heterocycles. The Morgan fingerprint density at radius 1 is 1.40 bits per heavy atom. The van der Waals surface area contributed by atoms with Gasteiger partial charge in [0.05, 0.1) is 12.2 Å². The van der Waals surface area contributed by atoms with Crippen molar-refractivity contribution in [3.8, 4) is 0 Å². The summed E-state index contributed by atoms with van der Waals surface area (Å²) in [5.41, 5.74) is 8.12. The molecule has 1 aromatic rings. The van der Waals surface area contributed by atoms with Gasteiger partial charge in [0.25, 0.3) is 0 Å². The van der Waals surface area contributed by atoms with Crippen molar-refractivity contribution in [1.29, 1.82) is 0 Å². The van der Waals surface area contributed by atoms with Crippen molar-refractivity contribution in [2.45, 2.75) is 39.5 Å². The molecule has 3 N–H and O–H groups in total. The quantitative estimate of drug-likeness (QED) is 0.591. The number of hydrogen-bond acceptors (Lipinski definition) is 4. The first-order valence-electron chi connectivity index (χ1n) is 7.41. The van der Waals surface area contributed by atoms with Crippen LogP contribution in [0.3, 0.4) is 0 Å². The van der Waals surface area contributed by atoms with Crippen LogP contribution in [-0.4, -0.2) is 19.1 Å². The minimum absolute atomic E-state index is 0.317. The number of nitrogen functional groups attached to an aromatic ring is 1. The van der Waals surface area contributed by atoms with Gasteiger partial charge in [-0.1, -0.05) is 13.3 Å². The molecule has 0 bridgehead atoms. The Morgan fingerprint density at radius 2 is 2.15 bits per heavy atom. The molecule has 1 aliphatic carbocycles. The second-order valence-electron chi connectivity index (χ2n) is 5.63. The van der Waals surface area contributed by atoms with Gasteiger partial charge in [-0.3, -0.25) is 0 Å². The number of nitrogens with two attached hydrogens (primary N) is 1. The summed E-state index contributed by atoms with van der Waals surface area (Å²) in [6.07, 6.45) is 4.99. The highest BCUT2D eigenvalue weighted by molar-refractivity contribution is 5.96. The number of nitrogens with one attached hydrogen (secondary N) is 1. The maximum Gasteiger partial charge on any atom is 0.340 e. The first-order chi connectivity index (χ1) is 9.60. The Bertz CT molecular complexity index is 481. The van der Waals surface area contributed by atoms with Gasteiger partial charge in [0, 0.05) is 17.9 Å². The molecule has 0 aromatic heterocycles. The fourth-order valence-electron chi connectivity index (χ4n) is 2.60. The topological polar surface area (TPSA) is 64.3 Å². The second kappa shape index (κ2) is 6.16. The molecule has 0 atom stereocenters. The molecular weight excluding hydrogens is 252 g/mol. The third kappa shape index (κ3) is 3.44. The van der Waals surface area contributed by atoms with Gasteiger partial charge in [-0.15, -0.1) is 0 Å². The van der Waals surface area contributed by atoms with Crippen LogP contribution in [0.5, 0.6) is 0 Å². The fraction of sp³-hybridized carbons (Fsp3) is 0.562. The zero-order chi connectivity index (χ0) is 14.6. The van der Waals surface area contributed by atoms with E-state index < -0.39 is 0 Å². The summed E-state index contributed by atoms with van der Waals surface area (Å²) in [6.45, 7) is 5.30. The number of carbonyl (C=O) groups excluding carboxylic acids is 1. The highest BCUT2D eigenvalue weighted by atomic mass is 16.5. The van der Waals surface area contributed by atoms with Gasteiger partial charge < -0.3 is 15.8 Å². The summed E-state index contributed by atoms with van der Waals surface area (Å²) < 4.78 is 5.08. The maximum atomic E-state index is 12.0. The summed E-state index contributed by atoms with van der Waals surface area (Å²) in [5, 5.41) is 3.41. The van der Waals surface area contributed by atoms with Crippen molar-refractivity contribution < 1.29 is 9.53 Å². The molecule has 1 saturated carbocycles. The van der Waals surface area contributed by atoms with Crippen molar-refractivity contribution in [2.75, 3.05) is 24.2 Å². The van der Waals surface area contributed by atoms with E-state index in [0.717, 1.165) is 12.2 Å². The lowest BCUT2D eigenvalue weighted by Crippen LogP contribution is -2.17. The van der Waals surface area contributed by atoms with Crippen LogP contribution < -0.4 is 11.1 Å². The monoisotopic (exact) mass is 276 g/mol. The van der Waals surface area contributed by atoms with Crippen molar-refractivity contribution >= 4 is 17.3 Å². The average molecular weight is 276 g/mol. The normalized spacial score (nSPS) is 15.7. The number of rotatable bonds is 7. The average Bonchev–Trinajstić information content (AvgIpc) is 3.18. The van der Waals surface area contributed by atoms with Crippen LogP contribution in [0.1, 0.15) is 49.9 Å². The van der Waals surface area contributed by atoms with Gasteiger partial charge in [0.2, 0.25) is 0 Å². The van der Waals surface area contributed by atoms with Gasteiger partial charge >= 0.3 is 5.97 Å². The van der Waals surface area contributed by atoms with E-state index in [-0.39, 0.29) is 5.97 Å². The van der Waals surface area contributed by atoms with Gasteiger partial charge in [-0.05, 0) is 49.8 Å². The first-order valence-corrected chi connectivity index (χ1v) is 7.41. The minimum atomic E-state index is -0.317. The van der Waals surface area contributed by atoms with E-state index in [9.17, 15) is 4.79 Å². The Morgan fingerprint density at radius 3 is 2.75 bits per heavy atom. The van der Waals surface area contributed by atoms with E-state index in [4.69, 9.17) is 10.5 Å². The van der Waals surface area contributed by atoms with Crippen molar-refractivity contribution in [2.24, 2.45) is 5.41 Å². The highest BCUT2D eigenvalue weighted by Crippen LogP contribution is 2.49. The van der Waals surface area contributed by atoms with Crippen LogP contribution in [0.2, 0.25) is 0 Å². The second-order valence-corrected chi connectivity index (χ2v) is 5.63. The van der Waals surface area contributed by atoms with Gasteiger partial charge in [0.15, 0.2) is 0 Å². The van der Waals surface area contributed by atoms with Crippen LogP contribution in [0, 0.1) is 5.41 Å². The first kappa shape index (κ1) is 14.7. The third-order valence-electron chi connectivity index (χ3n) is 3.93. The molecule has 4 nitrogen and oxygen atoms in total. The molecule has 0 amide bonds. The summed E-state index contributed by atoms with van der Waals surface area (Å²) in [4.78, 5) is 12.0. The number of hydrogen-bond donors (Lipinski definition) is 2. The van der Waals surface area contributed by atoms with Crippen molar-refractivity contribution in [3.63, 3.8) is 0 Å². The standard InChI is InChI=1S/C16H24N2O2/c1-3-7-16(8-9-16)11-18-14-6-5-12(17)10-13(14)15(19)20-4-2/h5-6,10,18H,3-4,7-9,11,17H2,1-2H3. The van der Waals surface area contributed by atoms with Crippen LogP contribution in [0.25, 0.3) is 0 Å². The SMILES string of the molecule is CCCC1(CNc2ccc(N)cc2C(=O)OCC)CC1. The van der Waals surface area contributed by atoms with Crippen LogP contribution in [0.4, 0.5) is 11.4 Å². The highest BCUT2D eigenvalue weighted by Gasteiger charge is 2.41. The predicted molar refractivity (Wildman–Crippen MR) is 81.9 cm³/mol.